The maximum Gasteiger partial charge on any atom is 0.123 e. The number of rotatable bonds is 8. The Hall–Kier alpha value is -0.580. The maximum atomic E-state index is 5.93. The van der Waals surface area contributed by atoms with Crippen LogP contribution < -0.4 is 10.1 Å². The van der Waals surface area contributed by atoms with Gasteiger partial charge in [-0.2, -0.15) is 0 Å². The Morgan fingerprint density at radius 2 is 1.95 bits per heavy atom. The van der Waals surface area contributed by atoms with E-state index in [0.717, 1.165) is 36.3 Å². The van der Waals surface area contributed by atoms with E-state index >= 15 is 0 Å². The highest BCUT2D eigenvalue weighted by Crippen LogP contribution is 2.25. The fourth-order valence-electron chi connectivity index (χ4n) is 1.69. The lowest BCUT2D eigenvalue weighted by Crippen LogP contribution is -2.19. The Balaban J connectivity index is 2.55. The van der Waals surface area contributed by atoms with Crippen molar-refractivity contribution in [1.29, 1.82) is 0 Å². The molecule has 0 saturated carbocycles. The van der Waals surface area contributed by atoms with Gasteiger partial charge in [0.1, 0.15) is 5.75 Å². The molecule has 0 saturated heterocycles. The Morgan fingerprint density at radius 3 is 2.60 bits per heavy atom. The SMILES string of the molecule is COCCNCc1cc(Br)ccc1OCCC(C)(C)C. The van der Waals surface area contributed by atoms with Crippen LogP contribution >= 0.6 is 15.9 Å². The largest absolute Gasteiger partial charge is 0.493 e. The molecule has 20 heavy (non-hydrogen) atoms. The van der Waals surface area contributed by atoms with E-state index in [1.807, 2.05) is 12.1 Å². The van der Waals surface area contributed by atoms with Gasteiger partial charge < -0.3 is 14.8 Å². The molecule has 0 bridgehead atoms. The molecule has 0 amide bonds. The van der Waals surface area contributed by atoms with Crippen molar-refractivity contribution < 1.29 is 9.47 Å². The van der Waals surface area contributed by atoms with Crippen molar-refractivity contribution in [3.63, 3.8) is 0 Å². The molecule has 0 radical (unpaired) electrons. The van der Waals surface area contributed by atoms with E-state index in [0.29, 0.717) is 12.0 Å². The molecule has 0 aliphatic carbocycles. The van der Waals surface area contributed by atoms with Crippen molar-refractivity contribution >= 4 is 15.9 Å². The summed E-state index contributed by atoms with van der Waals surface area (Å²) in [6, 6.07) is 6.15. The van der Waals surface area contributed by atoms with E-state index in [1.165, 1.54) is 5.56 Å². The summed E-state index contributed by atoms with van der Waals surface area (Å²) in [4.78, 5) is 0. The van der Waals surface area contributed by atoms with Gasteiger partial charge in [0.2, 0.25) is 0 Å². The lowest BCUT2D eigenvalue weighted by Gasteiger charge is -2.19. The molecular formula is C16H26BrNO2. The second kappa shape index (κ2) is 8.65. The Morgan fingerprint density at radius 1 is 1.20 bits per heavy atom. The molecule has 0 unspecified atom stereocenters. The fourth-order valence-corrected chi connectivity index (χ4v) is 2.10. The van der Waals surface area contributed by atoms with Gasteiger partial charge in [0.25, 0.3) is 0 Å². The van der Waals surface area contributed by atoms with Crippen LogP contribution in [0.25, 0.3) is 0 Å². The van der Waals surface area contributed by atoms with Crippen molar-refractivity contribution in [2.24, 2.45) is 5.41 Å². The lowest BCUT2D eigenvalue weighted by atomic mass is 9.93. The smallest absolute Gasteiger partial charge is 0.123 e. The molecule has 0 aromatic heterocycles. The number of benzene rings is 1. The van der Waals surface area contributed by atoms with E-state index < -0.39 is 0 Å². The minimum absolute atomic E-state index is 0.298. The van der Waals surface area contributed by atoms with Gasteiger partial charge in [-0.15, -0.1) is 0 Å². The third-order valence-corrected chi connectivity index (χ3v) is 3.42. The molecule has 0 aliphatic rings. The second-order valence-electron chi connectivity index (χ2n) is 6.08. The van der Waals surface area contributed by atoms with E-state index in [2.05, 4.69) is 48.1 Å². The zero-order valence-corrected chi connectivity index (χ0v) is 14.5. The van der Waals surface area contributed by atoms with E-state index in [-0.39, 0.29) is 0 Å². The molecule has 1 aromatic carbocycles. The molecule has 0 aliphatic heterocycles. The number of hydrogen-bond acceptors (Lipinski definition) is 3. The highest BCUT2D eigenvalue weighted by Gasteiger charge is 2.11. The Bertz CT molecular complexity index is 402. The lowest BCUT2D eigenvalue weighted by molar-refractivity contribution is 0.198. The molecule has 0 fully saturated rings. The first-order chi connectivity index (χ1) is 9.42. The zero-order valence-electron chi connectivity index (χ0n) is 13.0. The molecule has 114 valence electrons. The third kappa shape index (κ3) is 7.27. The molecule has 1 N–H and O–H groups in total. The van der Waals surface area contributed by atoms with Crippen LogP contribution in [0.15, 0.2) is 22.7 Å². The first-order valence-corrected chi connectivity index (χ1v) is 7.82. The number of hydrogen-bond donors (Lipinski definition) is 1. The summed E-state index contributed by atoms with van der Waals surface area (Å²) in [5, 5.41) is 3.35. The van der Waals surface area contributed by atoms with Crippen molar-refractivity contribution in [3.8, 4) is 5.75 Å². The highest BCUT2D eigenvalue weighted by atomic mass is 79.9. The summed E-state index contributed by atoms with van der Waals surface area (Å²) in [5.74, 6) is 0.961. The van der Waals surface area contributed by atoms with Crippen LogP contribution in [0.5, 0.6) is 5.75 Å². The number of nitrogens with one attached hydrogen (secondary N) is 1. The number of ether oxygens (including phenoxy) is 2. The Labute approximate surface area is 131 Å². The predicted octanol–water partition coefficient (Wildman–Crippen LogP) is 4.00. The molecule has 0 atom stereocenters. The molecule has 0 spiro atoms. The van der Waals surface area contributed by atoms with Crippen molar-refractivity contribution in [1.82, 2.24) is 5.32 Å². The van der Waals surface area contributed by atoms with Gasteiger partial charge in [-0.1, -0.05) is 36.7 Å². The summed E-state index contributed by atoms with van der Waals surface area (Å²) in [6.45, 7) is 9.77. The first-order valence-electron chi connectivity index (χ1n) is 7.03. The van der Waals surface area contributed by atoms with E-state index in [4.69, 9.17) is 9.47 Å². The fraction of sp³-hybridized carbons (Fsp3) is 0.625. The van der Waals surface area contributed by atoms with Gasteiger partial charge in [0.15, 0.2) is 0 Å². The average Bonchev–Trinajstić information content (AvgIpc) is 2.35. The van der Waals surface area contributed by atoms with E-state index in [1.54, 1.807) is 7.11 Å². The van der Waals surface area contributed by atoms with Crippen LogP contribution in [0.2, 0.25) is 0 Å². The summed E-state index contributed by atoms with van der Waals surface area (Å²) in [5.41, 5.74) is 1.47. The normalized spacial score (nSPS) is 11.7. The van der Waals surface area contributed by atoms with Crippen LogP contribution in [0, 0.1) is 5.41 Å². The highest BCUT2D eigenvalue weighted by molar-refractivity contribution is 9.10. The quantitative estimate of drug-likeness (QED) is 0.723. The molecular weight excluding hydrogens is 318 g/mol. The molecule has 0 heterocycles. The second-order valence-corrected chi connectivity index (χ2v) is 7.00. The summed E-state index contributed by atoms with van der Waals surface area (Å²) in [7, 11) is 1.71. The van der Waals surface area contributed by atoms with Gasteiger partial charge in [0.05, 0.1) is 13.2 Å². The van der Waals surface area contributed by atoms with Crippen LogP contribution in [0.3, 0.4) is 0 Å². The summed E-state index contributed by atoms with van der Waals surface area (Å²) in [6.07, 6.45) is 1.04. The standard InChI is InChI=1S/C16H26BrNO2/c1-16(2,3)7-9-20-15-6-5-14(17)11-13(15)12-18-8-10-19-4/h5-6,11,18H,7-10,12H2,1-4H3. The summed E-state index contributed by atoms with van der Waals surface area (Å²) >= 11 is 3.51. The van der Waals surface area contributed by atoms with Crippen LogP contribution in [0.1, 0.15) is 32.8 Å². The zero-order chi connectivity index (χ0) is 15.0. The molecule has 1 rings (SSSR count). The van der Waals surface area contributed by atoms with Gasteiger partial charge in [0, 0.05) is 30.2 Å². The topological polar surface area (TPSA) is 30.5 Å². The number of halogens is 1. The first kappa shape index (κ1) is 17.5. The number of methoxy groups -OCH3 is 1. The Kier molecular flexibility index (Phi) is 7.56. The minimum atomic E-state index is 0.298. The third-order valence-electron chi connectivity index (χ3n) is 2.93. The van der Waals surface area contributed by atoms with Crippen molar-refractivity contribution in [2.45, 2.75) is 33.7 Å². The van der Waals surface area contributed by atoms with Gasteiger partial charge in [-0.3, -0.25) is 0 Å². The monoisotopic (exact) mass is 343 g/mol. The average molecular weight is 344 g/mol. The maximum absolute atomic E-state index is 5.93. The predicted molar refractivity (Wildman–Crippen MR) is 87.3 cm³/mol. The van der Waals surface area contributed by atoms with Gasteiger partial charge in [-0.25, -0.2) is 0 Å². The van der Waals surface area contributed by atoms with Gasteiger partial charge in [-0.05, 0) is 30.0 Å². The van der Waals surface area contributed by atoms with Crippen molar-refractivity contribution in [3.05, 3.63) is 28.2 Å². The van der Waals surface area contributed by atoms with Crippen LogP contribution in [-0.4, -0.2) is 26.9 Å². The minimum Gasteiger partial charge on any atom is -0.493 e. The molecule has 4 heteroatoms. The van der Waals surface area contributed by atoms with Crippen LogP contribution in [-0.2, 0) is 11.3 Å². The van der Waals surface area contributed by atoms with Crippen molar-refractivity contribution in [2.75, 3.05) is 26.9 Å². The molecule has 3 nitrogen and oxygen atoms in total. The molecule has 1 aromatic rings. The van der Waals surface area contributed by atoms with Crippen LogP contribution in [0.4, 0.5) is 0 Å². The van der Waals surface area contributed by atoms with E-state index in [9.17, 15) is 0 Å². The summed E-state index contributed by atoms with van der Waals surface area (Å²) < 4.78 is 12.0. The van der Waals surface area contributed by atoms with Gasteiger partial charge >= 0.3 is 0 Å².